The maximum absolute atomic E-state index is 5.49. The van der Waals surface area contributed by atoms with Crippen LogP contribution in [-0.2, 0) is 22.6 Å². The van der Waals surface area contributed by atoms with Gasteiger partial charge in [-0.25, -0.2) is 0 Å². The lowest BCUT2D eigenvalue weighted by Gasteiger charge is -2.11. The predicted octanol–water partition coefficient (Wildman–Crippen LogP) is 2.41. The van der Waals surface area contributed by atoms with E-state index in [9.17, 15) is 0 Å². The van der Waals surface area contributed by atoms with E-state index in [0.29, 0.717) is 0 Å². The number of rotatable bonds is 9. The van der Waals surface area contributed by atoms with Crippen LogP contribution < -0.4 is 5.32 Å². The van der Waals surface area contributed by atoms with Gasteiger partial charge in [-0.1, -0.05) is 18.2 Å². The van der Waals surface area contributed by atoms with Crippen LogP contribution in [0.4, 0.5) is 0 Å². The van der Waals surface area contributed by atoms with Gasteiger partial charge < -0.3 is 19.4 Å². The Morgan fingerprint density at radius 3 is 2.85 bits per heavy atom. The lowest BCUT2D eigenvalue weighted by molar-refractivity contribution is 0.139. The number of hydrogen-bond donors (Lipinski definition) is 1. The molecule has 0 saturated heterocycles. The van der Waals surface area contributed by atoms with Crippen molar-refractivity contribution >= 4 is 10.9 Å². The second kappa shape index (κ2) is 8.04. The van der Waals surface area contributed by atoms with Crippen molar-refractivity contribution in [3.8, 4) is 0 Å². The molecule has 0 spiro atoms. The van der Waals surface area contributed by atoms with E-state index in [1.165, 1.54) is 16.6 Å². The number of aromatic nitrogens is 1. The third-order valence-electron chi connectivity index (χ3n) is 3.35. The highest BCUT2D eigenvalue weighted by Gasteiger charge is 2.07. The van der Waals surface area contributed by atoms with Gasteiger partial charge >= 0.3 is 0 Å². The fourth-order valence-electron chi connectivity index (χ4n) is 2.37. The second-order valence-corrected chi connectivity index (χ2v) is 4.71. The summed E-state index contributed by atoms with van der Waals surface area (Å²) in [5.41, 5.74) is 2.57. The van der Waals surface area contributed by atoms with E-state index in [2.05, 4.69) is 40.2 Å². The zero-order valence-electron chi connectivity index (χ0n) is 12.4. The first-order valence-electron chi connectivity index (χ1n) is 7.21. The van der Waals surface area contributed by atoms with Crippen molar-refractivity contribution in [1.82, 2.24) is 9.88 Å². The van der Waals surface area contributed by atoms with E-state index in [0.717, 1.165) is 39.5 Å². The Balaban J connectivity index is 2.11. The van der Waals surface area contributed by atoms with E-state index < -0.39 is 0 Å². The Hall–Kier alpha value is -1.36. The van der Waals surface area contributed by atoms with Gasteiger partial charge in [0.2, 0.25) is 0 Å². The summed E-state index contributed by atoms with van der Waals surface area (Å²) in [7, 11) is 1.72. The Kier molecular flexibility index (Phi) is 6.05. The van der Waals surface area contributed by atoms with E-state index >= 15 is 0 Å². The Bertz CT molecular complexity index is 522. The molecule has 2 rings (SSSR count). The lowest BCUT2D eigenvalue weighted by atomic mass is 10.2. The van der Waals surface area contributed by atoms with Crippen LogP contribution in [0.5, 0.6) is 0 Å². The molecule has 20 heavy (non-hydrogen) atoms. The van der Waals surface area contributed by atoms with E-state index in [1.54, 1.807) is 7.11 Å². The second-order valence-electron chi connectivity index (χ2n) is 4.71. The number of hydrogen-bond acceptors (Lipinski definition) is 3. The molecule has 0 unspecified atom stereocenters. The van der Waals surface area contributed by atoms with E-state index in [1.807, 2.05) is 6.92 Å². The number of para-hydroxylation sites is 1. The molecule has 0 radical (unpaired) electrons. The largest absolute Gasteiger partial charge is 0.383 e. The Labute approximate surface area is 120 Å². The fourth-order valence-corrected chi connectivity index (χ4v) is 2.37. The van der Waals surface area contributed by atoms with Gasteiger partial charge in [0.25, 0.3) is 0 Å². The van der Waals surface area contributed by atoms with Crippen LogP contribution in [0, 0.1) is 0 Å². The normalized spacial score (nSPS) is 11.3. The molecule has 110 valence electrons. The number of nitrogens with one attached hydrogen (secondary N) is 1. The third-order valence-corrected chi connectivity index (χ3v) is 3.35. The van der Waals surface area contributed by atoms with Gasteiger partial charge in [0, 0.05) is 44.6 Å². The highest BCUT2D eigenvalue weighted by molar-refractivity contribution is 5.81. The summed E-state index contributed by atoms with van der Waals surface area (Å²) in [6, 6.07) is 10.7. The summed E-state index contributed by atoms with van der Waals surface area (Å²) >= 11 is 0. The van der Waals surface area contributed by atoms with Crippen molar-refractivity contribution in [2.45, 2.75) is 20.0 Å². The SMILES string of the molecule is CCOCCn1c(CNCCOC)cc2ccccc21. The van der Waals surface area contributed by atoms with Gasteiger partial charge in [-0.15, -0.1) is 0 Å². The molecule has 4 nitrogen and oxygen atoms in total. The average Bonchev–Trinajstić information content (AvgIpc) is 2.82. The van der Waals surface area contributed by atoms with Crippen molar-refractivity contribution in [3.63, 3.8) is 0 Å². The first-order chi connectivity index (χ1) is 9.86. The maximum Gasteiger partial charge on any atom is 0.0645 e. The van der Waals surface area contributed by atoms with Crippen molar-refractivity contribution in [2.75, 3.05) is 33.5 Å². The summed E-state index contributed by atoms with van der Waals surface area (Å²) in [6.07, 6.45) is 0. The minimum atomic E-state index is 0.735. The predicted molar refractivity (Wildman–Crippen MR) is 82.0 cm³/mol. The summed E-state index contributed by atoms with van der Waals surface area (Å²) in [6.45, 7) is 6.89. The molecule has 0 atom stereocenters. The quantitative estimate of drug-likeness (QED) is 0.714. The zero-order valence-corrected chi connectivity index (χ0v) is 12.4. The lowest BCUT2D eigenvalue weighted by Crippen LogP contribution is -2.21. The number of benzene rings is 1. The van der Waals surface area contributed by atoms with Gasteiger partial charge in [-0.2, -0.15) is 0 Å². The first-order valence-corrected chi connectivity index (χ1v) is 7.21. The molecule has 1 N–H and O–H groups in total. The monoisotopic (exact) mass is 276 g/mol. The van der Waals surface area contributed by atoms with Crippen molar-refractivity contribution in [3.05, 3.63) is 36.0 Å². The van der Waals surface area contributed by atoms with Gasteiger partial charge in [0.05, 0.1) is 13.2 Å². The van der Waals surface area contributed by atoms with E-state index in [4.69, 9.17) is 9.47 Å². The highest BCUT2D eigenvalue weighted by Crippen LogP contribution is 2.19. The zero-order chi connectivity index (χ0) is 14.2. The Morgan fingerprint density at radius 2 is 2.05 bits per heavy atom. The minimum absolute atomic E-state index is 0.735. The van der Waals surface area contributed by atoms with Crippen molar-refractivity contribution in [2.24, 2.45) is 0 Å². The molecule has 0 aliphatic rings. The Morgan fingerprint density at radius 1 is 1.20 bits per heavy atom. The van der Waals surface area contributed by atoms with Gasteiger partial charge in [-0.3, -0.25) is 0 Å². The van der Waals surface area contributed by atoms with Crippen LogP contribution in [-0.4, -0.2) is 38.0 Å². The first kappa shape index (κ1) is 15.0. The van der Waals surface area contributed by atoms with Crippen molar-refractivity contribution in [1.29, 1.82) is 0 Å². The van der Waals surface area contributed by atoms with Crippen LogP contribution in [0.15, 0.2) is 30.3 Å². The number of fused-ring (bicyclic) bond motifs is 1. The molecule has 1 aromatic heterocycles. The van der Waals surface area contributed by atoms with Crippen LogP contribution in [0.3, 0.4) is 0 Å². The molecule has 0 fully saturated rings. The summed E-state index contributed by atoms with van der Waals surface area (Å²) < 4.78 is 12.9. The molecule has 0 aliphatic heterocycles. The molecule has 0 saturated carbocycles. The molecule has 1 heterocycles. The van der Waals surface area contributed by atoms with Crippen LogP contribution in [0.1, 0.15) is 12.6 Å². The van der Waals surface area contributed by atoms with Crippen LogP contribution in [0.2, 0.25) is 0 Å². The highest BCUT2D eigenvalue weighted by atomic mass is 16.5. The molecular formula is C16H24N2O2. The molecule has 0 aliphatic carbocycles. The molecule has 0 amide bonds. The molecular weight excluding hydrogens is 252 g/mol. The molecule has 0 bridgehead atoms. The average molecular weight is 276 g/mol. The van der Waals surface area contributed by atoms with Crippen molar-refractivity contribution < 1.29 is 9.47 Å². The topological polar surface area (TPSA) is 35.4 Å². The summed E-state index contributed by atoms with van der Waals surface area (Å²) in [5.74, 6) is 0. The summed E-state index contributed by atoms with van der Waals surface area (Å²) in [4.78, 5) is 0. The fraction of sp³-hybridized carbons (Fsp3) is 0.500. The maximum atomic E-state index is 5.49. The number of nitrogens with zero attached hydrogens (tertiary/aromatic N) is 1. The number of methoxy groups -OCH3 is 1. The molecule has 1 aromatic carbocycles. The van der Waals surface area contributed by atoms with Gasteiger partial charge in [-0.05, 0) is 24.4 Å². The van der Waals surface area contributed by atoms with Gasteiger partial charge in [0.1, 0.15) is 0 Å². The van der Waals surface area contributed by atoms with Crippen LogP contribution in [0.25, 0.3) is 10.9 Å². The molecule has 4 heteroatoms. The standard InChI is InChI=1S/C16H24N2O2/c1-3-20-11-9-18-15(13-17-8-10-19-2)12-14-6-4-5-7-16(14)18/h4-7,12,17H,3,8-11,13H2,1-2H3. The van der Waals surface area contributed by atoms with E-state index in [-0.39, 0.29) is 0 Å². The van der Waals surface area contributed by atoms with Gasteiger partial charge in [0.15, 0.2) is 0 Å². The number of ether oxygens (including phenoxy) is 2. The smallest absolute Gasteiger partial charge is 0.0645 e. The minimum Gasteiger partial charge on any atom is -0.383 e. The third kappa shape index (κ3) is 3.82. The van der Waals surface area contributed by atoms with Crippen LogP contribution >= 0.6 is 0 Å². The molecule has 2 aromatic rings. The summed E-state index contributed by atoms with van der Waals surface area (Å²) in [5, 5.41) is 4.69.